The molecule has 7 nitrogen and oxygen atoms in total. The highest BCUT2D eigenvalue weighted by atomic mass is 35.5. The summed E-state index contributed by atoms with van der Waals surface area (Å²) >= 11 is 6.07. The van der Waals surface area contributed by atoms with Crippen LogP contribution in [0.2, 0.25) is 5.02 Å². The van der Waals surface area contributed by atoms with Crippen LogP contribution in [-0.4, -0.2) is 42.2 Å². The van der Waals surface area contributed by atoms with Crippen LogP contribution in [-0.2, 0) is 11.3 Å². The van der Waals surface area contributed by atoms with Crippen LogP contribution in [0.5, 0.6) is 0 Å². The van der Waals surface area contributed by atoms with Crippen molar-refractivity contribution in [2.24, 2.45) is 0 Å². The molecule has 3 aromatic rings. The molecule has 3 rings (SSSR count). The number of halogens is 1. The fraction of sp³-hybridized carbons (Fsp3) is 0.190. The van der Waals surface area contributed by atoms with Gasteiger partial charge in [0.1, 0.15) is 12.4 Å². The summed E-state index contributed by atoms with van der Waals surface area (Å²) in [6, 6.07) is 18.2. The molecule has 0 atom stereocenters. The molecule has 0 aliphatic carbocycles. The molecule has 0 bridgehead atoms. The van der Waals surface area contributed by atoms with E-state index in [1.165, 1.54) is 4.90 Å². The Bertz CT molecular complexity index is 1010. The molecular formula is C21H21ClN4O3. The lowest BCUT2D eigenvalue weighted by molar-refractivity contribution is 0.146. The molecule has 0 fully saturated rings. The molecule has 2 N–H and O–H groups in total. The number of para-hydroxylation sites is 1. The number of likely N-dealkylation sites (N-methyl/N-ethyl adjacent to an activating group) is 1. The second-order valence-corrected chi connectivity index (χ2v) is 6.73. The molecule has 1 aromatic heterocycles. The van der Waals surface area contributed by atoms with Crippen molar-refractivity contribution in [3.63, 3.8) is 0 Å². The molecule has 150 valence electrons. The normalized spacial score (nSPS) is 10.4. The fourth-order valence-electron chi connectivity index (χ4n) is 2.60. The van der Waals surface area contributed by atoms with Gasteiger partial charge in [0.25, 0.3) is 0 Å². The van der Waals surface area contributed by atoms with Crippen molar-refractivity contribution in [1.29, 1.82) is 0 Å². The first-order valence-corrected chi connectivity index (χ1v) is 9.42. The summed E-state index contributed by atoms with van der Waals surface area (Å²) in [5.74, 6) is 0.402. The third-order valence-electron chi connectivity index (χ3n) is 4.22. The number of nitrogens with one attached hydrogen (secondary N) is 2. The van der Waals surface area contributed by atoms with Crippen molar-refractivity contribution < 1.29 is 14.3 Å². The lowest BCUT2D eigenvalue weighted by atomic mass is 10.2. The summed E-state index contributed by atoms with van der Waals surface area (Å²) < 4.78 is 5.13. The third kappa shape index (κ3) is 5.83. The summed E-state index contributed by atoms with van der Waals surface area (Å²) in [6.45, 7) is 0.611. The molecule has 2 aromatic carbocycles. The summed E-state index contributed by atoms with van der Waals surface area (Å²) in [6.07, 6.45) is -0.627. The van der Waals surface area contributed by atoms with Gasteiger partial charge in [-0.1, -0.05) is 48.0 Å². The lowest BCUT2D eigenvalue weighted by Gasteiger charge is -2.18. The van der Waals surface area contributed by atoms with E-state index in [0.29, 0.717) is 17.4 Å². The second-order valence-electron chi connectivity index (χ2n) is 6.32. The predicted molar refractivity (Wildman–Crippen MR) is 113 cm³/mol. The average Bonchev–Trinajstić information content (AvgIpc) is 2.72. The highest BCUT2D eigenvalue weighted by Gasteiger charge is 2.11. The van der Waals surface area contributed by atoms with Gasteiger partial charge in [0, 0.05) is 24.0 Å². The highest BCUT2D eigenvalue weighted by molar-refractivity contribution is 6.31. The maximum atomic E-state index is 12.1. The molecule has 3 amide bonds. The Morgan fingerprint density at radius 2 is 1.83 bits per heavy atom. The van der Waals surface area contributed by atoms with Gasteiger partial charge in [-0.05, 0) is 29.8 Å². The number of fused-ring (bicyclic) bond motifs is 1. The van der Waals surface area contributed by atoms with Gasteiger partial charge >= 0.3 is 12.1 Å². The topological polar surface area (TPSA) is 83.6 Å². The molecule has 0 saturated carbocycles. The summed E-state index contributed by atoms with van der Waals surface area (Å²) in [5.41, 5.74) is 1.61. The Morgan fingerprint density at radius 1 is 1.07 bits per heavy atom. The standard InChI is InChI=1S/C21H21ClN4O3/c1-26(20(27)23-14-16-7-2-4-8-17(16)22)12-13-29-21(28)25-19-11-10-15-6-3-5-9-18(15)24-19/h2-11H,12-14H2,1H3,(H,23,27)(H,24,25,28). The number of benzene rings is 2. The number of anilines is 1. The zero-order chi connectivity index (χ0) is 20.6. The number of amides is 3. The molecule has 0 aliphatic heterocycles. The van der Waals surface area contributed by atoms with E-state index in [4.69, 9.17) is 16.3 Å². The van der Waals surface area contributed by atoms with Crippen LogP contribution in [0.4, 0.5) is 15.4 Å². The number of hydrogen-bond donors (Lipinski definition) is 2. The molecule has 0 saturated heterocycles. The van der Waals surface area contributed by atoms with Crippen molar-refractivity contribution >= 4 is 40.4 Å². The lowest BCUT2D eigenvalue weighted by Crippen LogP contribution is -2.39. The zero-order valence-corrected chi connectivity index (χ0v) is 16.6. The Hall–Kier alpha value is -3.32. The van der Waals surface area contributed by atoms with Crippen molar-refractivity contribution in [1.82, 2.24) is 15.2 Å². The van der Waals surface area contributed by atoms with Crippen LogP contribution in [0, 0.1) is 0 Å². The number of nitrogens with zero attached hydrogens (tertiary/aromatic N) is 2. The first kappa shape index (κ1) is 20.4. The van der Waals surface area contributed by atoms with E-state index in [-0.39, 0.29) is 19.2 Å². The number of carbonyl (C=O) groups excluding carboxylic acids is 2. The van der Waals surface area contributed by atoms with E-state index in [2.05, 4.69) is 15.6 Å². The number of urea groups is 1. The zero-order valence-electron chi connectivity index (χ0n) is 15.9. The van der Waals surface area contributed by atoms with Crippen molar-refractivity contribution in [2.75, 3.05) is 25.5 Å². The van der Waals surface area contributed by atoms with Gasteiger partial charge in [0.05, 0.1) is 12.1 Å². The first-order valence-electron chi connectivity index (χ1n) is 9.05. The van der Waals surface area contributed by atoms with Gasteiger partial charge in [-0.15, -0.1) is 0 Å². The molecular weight excluding hydrogens is 392 g/mol. The summed E-state index contributed by atoms with van der Waals surface area (Å²) in [7, 11) is 1.62. The molecule has 29 heavy (non-hydrogen) atoms. The van der Waals surface area contributed by atoms with Crippen LogP contribution < -0.4 is 10.6 Å². The third-order valence-corrected chi connectivity index (χ3v) is 4.59. The van der Waals surface area contributed by atoms with E-state index < -0.39 is 6.09 Å². The number of ether oxygens (including phenoxy) is 1. The minimum atomic E-state index is -0.627. The number of hydrogen-bond acceptors (Lipinski definition) is 4. The smallest absolute Gasteiger partial charge is 0.412 e. The fourth-order valence-corrected chi connectivity index (χ4v) is 2.80. The van der Waals surface area contributed by atoms with Crippen LogP contribution in [0.25, 0.3) is 10.9 Å². The van der Waals surface area contributed by atoms with E-state index in [9.17, 15) is 9.59 Å². The number of rotatable bonds is 6. The van der Waals surface area contributed by atoms with Crippen molar-refractivity contribution in [2.45, 2.75) is 6.54 Å². The van der Waals surface area contributed by atoms with E-state index in [1.54, 1.807) is 19.2 Å². The van der Waals surface area contributed by atoms with Crippen LogP contribution in [0.15, 0.2) is 60.7 Å². The van der Waals surface area contributed by atoms with E-state index in [1.807, 2.05) is 48.5 Å². The quantitative estimate of drug-likeness (QED) is 0.633. The highest BCUT2D eigenvalue weighted by Crippen LogP contribution is 2.15. The second kappa shape index (κ2) is 9.75. The van der Waals surface area contributed by atoms with Gasteiger partial charge in [0.2, 0.25) is 0 Å². The maximum absolute atomic E-state index is 12.1. The van der Waals surface area contributed by atoms with Gasteiger partial charge in [-0.3, -0.25) is 5.32 Å². The SMILES string of the molecule is CN(CCOC(=O)Nc1ccc2ccccc2n1)C(=O)NCc1ccccc1Cl. The summed E-state index contributed by atoms with van der Waals surface area (Å²) in [4.78, 5) is 29.8. The van der Waals surface area contributed by atoms with Gasteiger partial charge in [0.15, 0.2) is 0 Å². The molecule has 0 radical (unpaired) electrons. The average molecular weight is 413 g/mol. The predicted octanol–water partition coefficient (Wildman–Crippen LogP) is 4.28. The number of aromatic nitrogens is 1. The minimum absolute atomic E-state index is 0.0510. The monoisotopic (exact) mass is 412 g/mol. The molecule has 0 unspecified atom stereocenters. The molecule has 8 heteroatoms. The minimum Gasteiger partial charge on any atom is -0.447 e. The first-order chi connectivity index (χ1) is 14.0. The molecule has 0 aliphatic rings. The summed E-state index contributed by atoms with van der Waals surface area (Å²) in [5, 5.41) is 6.93. The van der Waals surface area contributed by atoms with Crippen LogP contribution in [0.3, 0.4) is 0 Å². The van der Waals surface area contributed by atoms with Crippen LogP contribution >= 0.6 is 11.6 Å². The van der Waals surface area contributed by atoms with Gasteiger partial charge in [-0.2, -0.15) is 0 Å². The van der Waals surface area contributed by atoms with Gasteiger partial charge in [-0.25, -0.2) is 14.6 Å². The van der Waals surface area contributed by atoms with Gasteiger partial charge < -0.3 is 15.0 Å². The molecule has 0 spiro atoms. The maximum Gasteiger partial charge on any atom is 0.412 e. The van der Waals surface area contributed by atoms with Crippen LogP contribution in [0.1, 0.15) is 5.56 Å². The Morgan fingerprint density at radius 3 is 2.66 bits per heavy atom. The van der Waals surface area contributed by atoms with Crippen molar-refractivity contribution in [3.8, 4) is 0 Å². The van der Waals surface area contributed by atoms with E-state index >= 15 is 0 Å². The Balaban J connectivity index is 1.40. The van der Waals surface area contributed by atoms with E-state index in [0.717, 1.165) is 16.5 Å². The Labute approximate surface area is 173 Å². The number of pyridine rings is 1. The molecule has 1 heterocycles. The van der Waals surface area contributed by atoms with Crippen molar-refractivity contribution in [3.05, 3.63) is 71.2 Å². The largest absolute Gasteiger partial charge is 0.447 e. The number of carbonyl (C=O) groups is 2. The Kier molecular flexibility index (Phi) is 6.86.